The molecule has 0 spiro atoms. The van der Waals surface area contributed by atoms with Gasteiger partial charge in [0.25, 0.3) is 5.56 Å². The Morgan fingerprint density at radius 1 is 1.07 bits per heavy atom. The summed E-state index contributed by atoms with van der Waals surface area (Å²) in [6.07, 6.45) is 2.35. The van der Waals surface area contributed by atoms with Gasteiger partial charge in [0.1, 0.15) is 4.83 Å². The third kappa shape index (κ3) is 3.33. The summed E-state index contributed by atoms with van der Waals surface area (Å²) in [7, 11) is 0. The van der Waals surface area contributed by atoms with Crippen molar-refractivity contribution in [3.05, 3.63) is 87.3 Å². The highest BCUT2D eigenvalue weighted by Gasteiger charge is 2.24. The lowest BCUT2D eigenvalue weighted by molar-refractivity contribution is -0.129. The van der Waals surface area contributed by atoms with E-state index in [-0.39, 0.29) is 11.5 Å². The Bertz CT molecular complexity index is 1290. The number of aromatic nitrogens is 2. The summed E-state index contributed by atoms with van der Waals surface area (Å²) in [5, 5.41) is 0.724. The molecule has 2 aromatic carbocycles. The molecule has 2 aromatic heterocycles. The van der Waals surface area contributed by atoms with Gasteiger partial charge < -0.3 is 4.90 Å². The summed E-state index contributed by atoms with van der Waals surface area (Å²) in [5.41, 5.74) is 4.46. The molecule has 5 rings (SSSR count). The van der Waals surface area contributed by atoms with E-state index in [9.17, 15) is 9.59 Å². The van der Waals surface area contributed by atoms with Crippen molar-refractivity contribution in [1.29, 1.82) is 0 Å². The second-order valence-corrected chi connectivity index (χ2v) is 8.70. The lowest BCUT2D eigenvalue weighted by Gasteiger charge is -2.25. The second-order valence-electron chi connectivity index (χ2n) is 7.62. The molecule has 30 heavy (non-hydrogen) atoms. The van der Waals surface area contributed by atoms with Crippen LogP contribution in [0.25, 0.3) is 21.3 Å². The smallest absolute Gasteiger partial charge is 0.262 e. The Balaban J connectivity index is 1.45. The van der Waals surface area contributed by atoms with Gasteiger partial charge in [-0.05, 0) is 28.7 Å². The van der Waals surface area contributed by atoms with Crippen molar-refractivity contribution < 1.29 is 4.79 Å². The summed E-state index contributed by atoms with van der Waals surface area (Å²) in [6, 6.07) is 18.5. The van der Waals surface area contributed by atoms with Gasteiger partial charge in [-0.15, -0.1) is 11.3 Å². The van der Waals surface area contributed by atoms with Crippen LogP contribution >= 0.6 is 11.3 Å². The van der Waals surface area contributed by atoms with Crippen LogP contribution in [0.1, 0.15) is 22.9 Å². The van der Waals surface area contributed by atoms with Crippen molar-refractivity contribution in [2.75, 3.05) is 6.54 Å². The molecule has 4 aromatic rings. The molecule has 1 aliphatic rings. The van der Waals surface area contributed by atoms with Crippen molar-refractivity contribution >= 4 is 27.5 Å². The topological polar surface area (TPSA) is 55.2 Å². The van der Waals surface area contributed by atoms with Gasteiger partial charge in [0.15, 0.2) is 0 Å². The van der Waals surface area contributed by atoms with Gasteiger partial charge in [0.05, 0.1) is 24.8 Å². The Kier molecular flexibility index (Phi) is 4.71. The monoisotopic (exact) mass is 415 g/mol. The van der Waals surface area contributed by atoms with Crippen LogP contribution in [0, 0.1) is 0 Å². The number of amides is 1. The van der Waals surface area contributed by atoms with Crippen LogP contribution in [0.3, 0.4) is 0 Å². The quantitative estimate of drug-likeness (QED) is 0.507. The zero-order valence-electron chi connectivity index (χ0n) is 16.7. The molecule has 1 amide bonds. The summed E-state index contributed by atoms with van der Waals surface area (Å²) in [6.45, 7) is 3.31. The molecule has 0 aliphatic carbocycles. The number of benzene rings is 2. The lowest BCUT2D eigenvalue weighted by atomic mass is 10.0. The van der Waals surface area contributed by atoms with Crippen LogP contribution in [0.4, 0.5) is 0 Å². The fraction of sp³-hybridized carbons (Fsp3) is 0.208. The van der Waals surface area contributed by atoms with Crippen LogP contribution in [-0.2, 0) is 24.3 Å². The van der Waals surface area contributed by atoms with E-state index in [0.29, 0.717) is 26.1 Å². The number of nitrogens with zero attached hydrogens (tertiary/aromatic N) is 3. The fourth-order valence-corrected chi connectivity index (χ4v) is 5.22. The third-order valence-corrected chi connectivity index (χ3v) is 6.81. The number of carbonyl (C=O) groups excluding carboxylic acids is 1. The summed E-state index contributed by atoms with van der Waals surface area (Å²) < 4.78 is 1.68. The molecular weight excluding hydrogens is 394 g/mol. The molecule has 6 heteroatoms. The molecule has 0 saturated carbocycles. The second kappa shape index (κ2) is 7.54. The standard InChI is InChI=1S/C24H21N3O2S/c1-16(28)26-12-11-20-21(14-26)30-23-22(20)24(29)27(15-25-23)13-17-7-9-19(10-8-17)18-5-3-2-4-6-18/h2-10,15H,11-14H2,1H3. The fourth-order valence-electron chi connectivity index (χ4n) is 4.03. The SMILES string of the molecule is CC(=O)N1CCc2c(sc3ncn(Cc4ccc(-c5ccccc5)cc4)c(=O)c23)C1. The van der Waals surface area contributed by atoms with Crippen molar-refractivity contribution in [2.45, 2.75) is 26.4 Å². The number of thiophene rings is 1. The minimum absolute atomic E-state index is 0.000843. The molecule has 0 fully saturated rings. The van der Waals surface area contributed by atoms with E-state index in [1.165, 1.54) is 16.9 Å². The number of hydrogen-bond donors (Lipinski definition) is 0. The maximum absolute atomic E-state index is 13.2. The van der Waals surface area contributed by atoms with Gasteiger partial charge in [-0.3, -0.25) is 14.2 Å². The Hall–Kier alpha value is -3.25. The van der Waals surface area contributed by atoms with E-state index in [4.69, 9.17) is 0 Å². The van der Waals surface area contributed by atoms with E-state index in [1.807, 2.05) is 23.1 Å². The van der Waals surface area contributed by atoms with Gasteiger partial charge in [-0.2, -0.15) is 0 Å². The molecule has 0 radical (unpaired) electrons. The minimum atomic E-state index is 0.000843. The van der Waals surface area contributed by atoms with Crippen molar-refractivity contribution in [1.82, 2.24) is 14.5 Å². The van der Waals surface area contributed by atoms with E-state index >= 15 is 0 Å². The van der Waals surface area contributed by atoms with E-state index < -0.39 is 0 Å². The first-order valence-electron chi connectivity index (χ1n) is 10.00. The van der Waals surface area contributed by atoms with Gasteiger partial charge in [0, 0.05) is 18.3 Å². The highest BCUT2D eigenvalue weighted by molar-refractivity contribution is 7.18. The average Bonchev–Trinajstić information content (AvgIpc) is 3.15. The number of carbonyl (C=O) groups is 1. The van der Waals surface area contributed by atoms with Crippen LogP contribution in [0.2, 0.25) is 0 Å². The van der Waals surface area contributed by atoms with Gasteiger partial charge in [-0.25, -0.2) is 4.98 Å². The summed E-state index contributed by atoms with van der Waals surface area (Å²) in [5.74, 6) is 0.0717. The average molecular weight is 416 g/mol. The molecule has 3 heterocycles. The largest absolute Gasteiger partial charge is 0.337 e. The van der Waals surface area contributed by atoms with Gasteiger partial charge >= 0.3 is 0 Å². The van der Waals surface area contributed by atoms with Crippen LogP contribution in [-0.4, -0.2) is 26.9 Å². The highest BCUT2D eigenvalue weighted by atomic mass is 32.1. The van der Waals surface area contributed by atoms with Crippen molar-refractivity contribution in [3.63, 3.8) is 0 Å². The Labute approximate surface area is 178 Å². The maximum Gasteiger partial charge on any atom is 0.262 e. The Morgan fingerprint density at radius 3 is 2.53 bits per heavy atom. The molecule has 0 bridgehead atoms. The normalized spacial score (nSPS) is 13.4. The first-order valence-corrected chi connectivity index (χ1v) is 10.8. The van der Waals surface area contributed by atoms with Crippen molar-refractivity contribution in [3.8, 4) is 11.1 Å². The Morgan fingerprint density at radius 2 is 1.80 bits per heavy atom. The predicted octanol–water partition coefficient (Wildman–Crippen LogP) is 4.08. The van der Waals surface area contributed by atoms with E-state index in [1.54, 1.807) is 17.8 Å². The zero-order valence-corrected chi connectivity index (χ0v) is 17.5. The lowest BCUT2D eigenvalue weighted by Crippen LogP contribution is -2.33. The minimum Gasteiger partial charge on any atom is -0.337 e. The molecule has 150 valence electrons. The van der Waals surface area contributed by atoms with Crippen LogP contribution in [0.5, 0.6) is 0 Å². The number of fused-ring (bicyclic) bond motifs is 3. The number of rotatable bonds is 3. The molecule has 0 atom stereocenters. The summed E-state index contributed by atoms with van der Waals surface area (Å²) >= 11 is 1.53. The zero-order chi connectivity index (χ0) is 20.7. The van der Waals surface area contributed by atoms with E-state index in [2.05, 4.69) is 41.4 Å². The van der Waals surface area contributed by atoms with Gasteiger partial charge in [-0.1, -0.05) is 54.6 Å². The van der Waals surface area contributed by atoms with E-state index in [0.717, 1.165) is 31.8 Å². The molecule has 0 saturated heterocycles. The molecule has 0 unspecified atom stereocenters. The maximum atomic E-state index is 13.2. The number of hydrogen-bond acceptors (Lipinski definition) is 4. The molecule has 1 aliphatic heterocycles. The predicted molar refractivity (Wildman–Crippen MR) is 120 cm³/mol. The summed E-state index contributed by atoms with van der Waals surface area (Å²) in [4.78, 5) is 33.2. The molecule has 0 N–H and O–H groups in total. The van der Waals surface area contributed by atoms with Crippen LogP contribution < -0.4 is 5.56 Å². The van der Waals surface area contributed by atoms with Crippen molar-refractivity contribution in [2.24, 2.45) is 0 Å². The van der Waals surface area contributed by atoms with Crippen LogP contribution in [0.15, 0.2) is 65.7 Å². The first kappa shape index (κ1) is 18.8. The third-order valence-electron chi connectivity index (χ3n) is 5.69. The first-order chi connectivity index (χ1) is 14.6. The highest BCUT2D eigenvalue weighted by Crippen LogP contribution is 2.32. The molecular formula is C24H21N3O2S. The molecule has 5 nitrogen and oxygen atoms in total. The van der Waals surface area contributed by atoms with Gasteiger partial charge in [0.2, 0.25) is 5.91 Å².